The number of carbonyl (C=O) groups excluding carboxylic acids is 2. The SMILES string of the molecule is O=Cc1ccc(O)c(C(=O)NCCCOCCOCCOCCCNC2CCCCCCCC2)c1. The van der Waals surface area contributed by atoms with Gasteiger partial charge in [-0.15, -0.1) is 0 Å². The van der Waals surface area contributed by atoms with Crippen LogP contribution in [-0.4, -0.2) is 76.1 Å². The molecule has 1 aromatic rings. The minimum Gasteiger partial charge on any atom is -0.507 e. The topological polar surface area (TPSA) is 106 Å². The van der Waals surface area contributed by atoms with Crippen LogP contribution in [0.1, 0.15) is 84.9 Å². The second kappa shape index (κ2) is 19.2. The number of aldehydes is 1. The summed E-state index contributed by atoms with van der Waals surface area (Å²) in [5.41, 5.74) is 0.432. The Balaban J connectivity index is 1.34. The third kappa shape index (κ3) is 13.6. The smallest absolute Gasteiger partial charge is 0.255 e. The molecule has 0 saturated heterocycles. The van der Waals surface area contributed by atoms with Gasteiger partial charge in [-0.3, -0.25) is 9.59 Å². The lowest BCUT2D eigenvalue weighted by molar-refractivity contribution is 0.0138. The number of rotatable bonds is 17. The first kappa shape index (κ1) is 29.2. The minimum absolute atomic E-state index is 0.0905. The summed E-state index contributed by atoms with van der Waals surface area (Å²) in [6, 6.07) is 4.85. The van der Waals surface area contributed by atoms with Crippen molar-refractivity contribution < 1.29 is 28.9 Å². The van der Waals surface area contributed by atoms with E-state index in [9.17, 15) is 14.7 Å². The Morgan fingerprint density at radius 3 is 2.06 bits per heavy atom. The highest BCUT2D eigenvalue weighted by atomic mass is 16.5. The Hall–Kier alpha value is -2.00. The van der Waals surface area contributed by atoms with E-state index in [-0.39, 0.29) is 11.3 Å². The monoisotopic (exact) mass is 492 g/mol. The maximum absolute atomic E-state index is 12.1. The van der Waals surface area contributed by atoms with Crippen molar-refractivity contribution in [3.63, 3.8) is 0 Å². The highest BCUT2D eigenvalue weighted by Crippen LogP contribution is 2.18. The number of amides is 1. The number of phenols is 1. The van der Waals surface area contributed by atoms with Crippen molar-refractivity contribution in [1.29, 1.82) is 0 Å². The van der Waals surface area contributed by atoms with E-state index in [1.165, 1.54) is 69.6 Å². The van der Waals surface area contributed by atoms with Gasteiger partial charge >= 0.3 is 0 Å². The number of aromatic hydroxyl groups is 1. The van der Waals surface area contributed by atoms with Crippen molar-refractivity contribution >= 4 is 12.2 Å². The molecule has 35 heavy (non-hydrogen) atoms. The van der Waals surface area contributed by atoms with Gasteiger partial charge < -0.3 is 30.0 Å². The van der Waals surface area contributed by atoms with Crippen LogP contribution in [0.3, 0.4) is 0 Å². The molecular weight excluding hydrogens is 448 g/mol. The quantitative estimate of drug-likeness (QED) is 0.224. The molecule has 0 spiro atoms. The Morgan fingerprint density at radius 2 is 1.43 bits per heavy atom. The van der Waals surface area contributed by atoms with Crippen molar-refractivity contribution in [3.8, 4) is 5.75 Å². The Kier molecular flexibility index (Phi) is 16.1. The van der Waals surface area contributed by atoms with Gasteiger partial charge in [0.1, 0.15) is 12.0 Å². The van der Waals surface area contributed by atoms with Crippen LogP contribution in [0.25, 0.3) is 0 Å². The van der Waals surface area contributed by atoms with Crippen LogP contribution in [0.5, 0.6) is 5.75 Å². The summed E-state index contributed by atoms with van der Waals surface area (Å²) in [6.45, 7) is 4.82. The molecule has 198 valence electrons. The third-order valence-electron chi connectivity index (χ3n) is 6.15. The van der Waals surface area contributed by atoms with Crippen molar-refractivity contribution in [2.24, 2.45) is 0 Å². The van der Waals surface area contributed by atoms with E-state index in [1.54, 1.807) is 0 Å². The van der Waals surface area contributed by atoms with Crippen molar-refractivity contribution in [2.75, 3.05) is 52.7 Å². The second-order valence-corrected chi connectivity index (χ2v) is 9.04. The summed E-state index contributed by atoms with van der Waals surface area (Å²) >= 11 is 0. The molecule has 1 aliphatic rings. The van der Waals surface area contributed by atoms with Gasteiger partial charge in [-0.25, -0.2) is 0 Å². The van der Waals surface area contributed by atoms with Crippen molar-refractivity contribution in [3.05, 3.63) is 29.3 Å². The van der Waals surface area contributed by atoms with Gasteiger partial charge in [0.25, 0.3) is 5.91 Å². The molecule has 0 aliphatic heterocycles. The summed E-state index contributed by atoms with van der Waals surface area (Å²) < 4.78 is 16.7. The fourth-order valence-corrected chi connectivity index (χ4v) is 4.14. The van der Waals surface area contributed by atoms with E-state index in [4.69, 9.17) is 14.2 Å². The van der Waals surface area contributed by atoms with Gasteiger partial charge in [0, 0.05) is 31.4 Å². The predicted molar refractivity (Wildman–Crippen MR) is 136 cm³/mol. The van der Waals surface area contributed by atoms with Crippen LogP contribution < -0.4 is 10.6 Å². The zero-order chi connectivity index (χ0) is 25.0. The predicted octanol–water partition coefficient (Wildman–Crippen LogP) is 3.86. The van der Waals surface area contributed by atoms with Crippen LogP contribution in [-0.2, 0) is 14.2 Å². The number of carbonyl (C=O) groups is 2. The molecule has 0 unspecified atom stereocenters. The highest BCUT2D eigenvalue weighted by Gasteiger charge is 2.11. The largest absolute Gasteiger partial charge is 0.507 e. The summed E-state index contributed by atoms with van der Waals surface area (Å²) in [6.07, 6.45) is 13.2. The first-order chi connectivity index (χ1) is 17.2. The molecule has 8 nitrogen and oxygen atoms in total. The number of nitrogens with one attached hydrogen (secondary N) is 2. The fourth-order valence-electron chi connectivity index (χ4n) is 4.14. The fraction of sp³-hybridized carbons (Fsp3) is 0.704. The van der Waals surface area contributed by atoms with Gasteiger partial charge in [0.2, 0.25) is 0 Å². The maximum Gasteiger partial charge on any atom is 0.255 e. The Bertz CT molecular complexity index is 705. The highest BCUT2D eigenvalue weighted by molar-refractivity contribution is 5.98. The minimum atomic E-state index is -0.416. The first-order valence-corrected chi connectivity index (χ1v) is 13.2. The van der Waals surface area contributed by atoms with Gasteiger partial charge in [0.05, 0.1) is 32.0 Å². The number of hydrogen-bond donors (Lipinski definition) is 3. The molecule has 0 aromatic heterocycles. The Morgan fingerprint density at radius 1 is 0.857 bits per heavy atom. The lowest BCUT2D eigenvalue weighted by Gasteiger charge is -2.17. The summed E-state index contributed by atoms with van der Waals surface area (Å²) in [4.78, 5) is 22.9. The van der Waals surface area contributed by atoms with E-state index in [0.29, 0.717) is 63.9 Å². The average molecular weight is 493 g/mol. The third-order valence-corrected chi connectivity index (χ3v) is 6.15. The molecule has 1 saturated carbocycles. The Labute approximate surface area is 210 Å². The van der Waals surface area contributed by atoms with Crippen molar-refractivity contribution in [1.82, 2.24) is 10.6 Å². The number of benzene rings is 1. The van der Waals surface area contributed by atoms with Crippen LogP contribution in [0.2, 0.25) is 0 Å². The van der Waals surface area contributed by atoms with E-state index in [0.717, 1.165) is 19.6 Å². The zero-order valence-electron chi connectivity index (χ0n) is 21.1. The maximum atomic E-state index is 12.1. The van der Waals surface area contributed by atoms with E-state index < -0.39 is 5.91 Å². The molecule has 0 radical (unpaired) electrons. The molecule has 1 fully saturated rings. The standard InChI is InChI=1S/C27H44N2O6/c30-22-23-11-12-26(31)25(21-23)27(32)29-14-8-16-34-18-20-35-19-17-33-15-7-13-28-24-9-5-3-1-2-4-6-10-24/h11-12,21-22,24,28,31H,1-10,13-20H2,(H,29,32). The van der Waals surface area contributed by atoms with E-state index >= 15 is 0 Å². The van der Waals surface area contributed by atoms with Gasteiger partial charge in [-0.1, -0.05) is 38.5 Å². The molecule has 1 aliphatic carbocycles. The molecule has 2 rings (SSSR count). The first-order valence-electron chi connectivity index (χ1n) is 13.2. The van der Waals surface area contributed by atoms with E-state index in [2.05, 4.69) is 10.6 Å². The molecule has 8 heteroatoms. The van der Waals surface area contributed by atoms with Gasteiger partial charge in [0.15, 0.2) is 0 Å². The summed E-state index contributed by atoms with van der Waals surface area (Å²) in [7, 11) is 0. The van der Waals surface area contributed by atoms with E-state index in [1.807, 2.05) is 0 Å². The normalized spacial score (nSPS) is 15.2. The van der Waals surface area contributed by atoms with Gasteiger partial charge in [-0.2, -0.15) is 0 Å². The summed E-state index contributed by atoms with van der Waals surface area (Å²) in [5, 5.41) is 16.2. The van der Waals surface area contributed by atoms with Crippen molar-refractivity contribution in [2.45, 2.75) is 70.3 Å². The molecule has 0 atom stereocenters. The lowest BCUT2D eigenvalue weighted by atomic mass is 10.1. The van der Waals surface area contributed by atoms with Crippen LogP contribution >= 0.6 is 0 Å². The van der Waals surface area contributed by atoms with Crippen LogP contribution in [0.4, 0.5) is 0 Å². The molecule has 1 amide bonds. The molecule has 3 N–H and O–H groups in total. The second-order valence-electron chi connectivity index (χ2n) is 9.04. The molecule has 0 heterocycles. The number of hydrogen-bond acceptors (Lipinski definition) is 7. The van der Waals surface area contributed by atoms with Crippen LogP contribution in [0, 0.1) is 0 Å². The average Bonchev–Trinajstić information content (AvgIpc) is 3.00. The lowest BCUT2D eigenvalue weighted by Crippen LogP contribution is -2.30. The van der Waals surface area contributed by atoms with Gasteiger partial charge in [-0.05, 0) is 50.4 Å². The number of phenolic OH excluding ortho intramolecular Hbond substituents is 1. The molecule has 0 bridgehead atoms. The van der Waals surface area contributed by atoms with Crippen LogP contribution in [0.15, 0.2) is 18.2 Å². The summed E-state index contributed by atoms with van der Waals surface area (Å²) in [5.74, 6) is -0.566. The molecule has 1 aromatic carbocycles. The number of ether oxygens (including phenoxy) is 3. The zero-order valence-corrected chi connectivity index (χ0v) is 21.1. The molecular formula is C27H44N2O6.